The molecule has 1 rings (SSSR count). The zero-order valence-corrected chi connectivity index (χ0v) is 8.19. The fraction of sp³-hybridized carbons (Fsp3) is 0.444. The normalized spacial score (nSPS) is 10.1. The maximum atomic E-state index is 11.5. The second kappa shape index (κ2) is 4.04. The molecule has 0 radical (unpaired) electrons. The summed E-state index contributed by atoms with van der Waals surface area (Å²) in [5.74, 6) is 0. The fourth-order valence-electron chi connectivity index (χ4n) is 1.28. The zero-order chi connectivity index (χ0) is 10.7. The Morgan fingerprint density at radius 2 is 1.71 bits per heavy atom. The van der Waals surface area contributed by atoms with Gasteiger partial charge in [-0.1, -0.05) is 13.8 Å². The first-order chi connectivity index (χ1) is 6.60. The van der Waals surface area contributed by atoms with Gasteiger partial charge in [-0.3, -0.25) is 10.1 Å². The molecule has 0 aliphatic carbocycles. The van der Waals surface area contributed by atoms with Gasteiger partial charge in [0.25, 0.3) is 5.69 Å². The lowest BCUT2D eigenvalue weighted by molar-refractivity contribution is -0.622. The third kappa shape index (κ3) is 1.81. The van der Waals surface area contributed by atoms with E-state index in [9.17, 15) is 15.3 Å². The molecule has 0 aromatic carbocycles. The molecule has 0 fully saturated rings. The van der Waals surface area contributed by atoms with Crippen LogP contribution in [0, 0.1) is 15.3 Å². The van der Waals surface area contributed by atoms with Crippen molar-refractivity contribution in [1.82, 2.24) is 0 Å². The Labute approximate surface area is 81.7 Å². The molecule has 5 heteroatoms. The second-order valence-corrected chi connectivity index (χ2v) is 2.95. The SMILES string of the molecule is CCc1cc([N+](=O)[O-])cc(CC)[n+]1[O-]. The van der Waals surface area contributed by atoms with Crippen LogP contribution in [0.25, 0.3) is 0 Å². The van der Waals surface area contributed by atoms with Gasteiger partial charge >= 0.3 is 0 Å². The van der Waals surface area contributed by atoms with Gasteiger partial charge in [-0.05, 0) is 0 Å². The van der Waals surface area contributed by atoms with E-state index >= 15 is 0 Å². The maximum absolute atomic E-state index is 11.5. The Kier molecular flexibility index (Phi) is 3.01. The van der Waals surface area contributed by atoms with Crippen molar-refractivity contribution in [2.75, 3.05) is 0 Å². The summed E-state index contributed by atoms with van der Waals surface area (Å²) in [6.07, 6.45) is 0.996. The minimum Gasteiger partial charge on any atom is -0.618 e. The third-order valence-corrected chi connectivity index (χ3v) is 2.09. The highest BCUT2D eigenvalue weighted by Gasteiger charge is 2.17. The Bertz CT molecular complexity index is 338. The van der Waals surface area contributed by atoms with Crippen molar-refractivity contribution >= 4 is 5.69 Å². The van der Waals surface area contributed by atoms with Gasteiger partial charge in [0, 0.05) is 12.8 Å². The summed E-state index contributed by atoms with van der Waals surface area (Å²) in [5.41, 5.74) is 0.873. The Balaban J connectivity index is 3.32. The topological polar surface area (TPSA) is 70.1 Å². The van der Waals surface area contributed by atoms with Crippen LogP contribution in [0.2, 0.25) is 0 Å². The molecule has 0 aliphatic rings. The molecule has 0 bridgehead atoms. The van der Waals surface area contributed by atoms with Gasteiger partial charge in [-0.2, -0.15) is 4.73 Å². The van der Waals surface area contributed by atoms with Crippen LogP contribution < -0.4 is 4.73 Å². The molecule has 76 valence electrons. The molecule has 0 unspecified atom stereocenters. The fourth-order valence-corrected chi connectivity index (χ4v) is 1.28. The molecule has 5 nitrogen and oxygen atoms in total. The Morgan fingerprint density at radius 3 is 2.00 bits per heavy atom. The molecule has 0 atom stereocenters. The molecular weight excluding hydrogens is 184 g/mol. The van der Waals surface area contributed by atoms with E-state index < -0.39 is 4.92 Å². The van der Waals surface area contributed by atoms with Crippen molar-refractivity contribution in [2.45, 2.75) is 26.7 Å². The lowest BCUT2D eigenvalue weighted by Crippen LogP contribution is -2.36. The standard InChI is InChI=1S/C9H12N2O3/c1-3-7-5-9(11(13)14)6-8(4-2)10(7)12/h5-6H,3-4H2,1-2H3. The van der Waals surface area contributed by atoms with E-state index in [1.165, 1.54) is 12.1 Å². The molecule has 1 aromatic rings. The first-order valence-electron chi connectivity index (χ1n) is 4.49. The Hall–Kier alpha value is -1.65. The Morgan fingerprint density at radius 1 is 1.29 bits per heavy atom. The summed E-state index contributed by atoms with van der Waals surface area (Å²) < 4.78 is 0.771. The monoisotopic (exact) mass is 196 g/mol. The van der Waals surface area contributed by atoms with Gasteiger partial charge in [-0.25, -0.2) is 0 Å². The van der Waals surface area contributed by atoms with E-state index in [0.717, 1.165) is 4.73 Å². The number of nitrogens with zero attached hydrogens (tertiary/aromatic N) is 2. The minimum absolute atomic E-state index is 0.00852. The number of aryl methyl sites for hydroxylation is 2. The average molecular weight is 196 g/mol. The molecule has 0 aliphatic heterocycles. The van der Waals surface area contributed by atoms with Gasteiger partial charge in [0.15, 0.2) is 11.4 Å². The molecule has 0 saturated heterocycles. The van der Waals surface area contributed by atoms with Crippen molar-refractivity contribution in [1.29, 1.82) is 0 Å². The lowest BCUT2D eigenvalue weighted by Gasteiger charge is -2.06. The van der Waals surface area contributed by atoms with Crippen molar-refractivity contribution in [3.63, 3.8) is 0 Å². The third-order valence-electron chi connectivity index (χ3n) is 2.09. The van der Waals surface area contributed by atoms with Gasteiger partial charge in [0.2, 0.25) is 0 Å². The predicted molar refractivity (Wildman–Crippen MR) is 50.8 cm³/mol. The first-order valence-corrected chi connectivity index (χ1v) is 4.49. The van der Waals surface area contributed by atoms with Crippen LogP contribution in [0.1, 0.15) is 25.2 Å². The molecule has 0 amide bonds. The summed E-state index contributed by atoms with van der Waals surface area (Å²) in [4.78, 5) is 10.1. The highest BCUT2D eigenvalue weighted by atomic mass is 16.6. The van der Waals surface area contributed by atoms with E-state index in [0.29, 0.717) is 24.2 Å². The van der Waals surface area contributed by atoms with Crippen LogP contribution in [0.3, 0.4) is 0 Å². The van der Waals surface area contributed by atoms with Gasteiger partial charge in [-0.15, -0.1) is 0 Å². The molecule has 0 N–H and O–H groups in total. The van der Waals surface area contributed by atoms with Crippen LogP contribution in [-0.2, 0) is 12.8 Å². The highest BCUT2D eigenvalue weighted by molar-refractivity contribution is 5.30. The number of hydrogen-bond acceptors (Lipinski definition) is 3. The zero-order valence-electron chi connectivity index (χ0n) is 8.19. The van der Waals surface area contributed by atoms with Crippen LogP contribution in [0.4, 0.5) is 5.69 Å². The summed E-state index contributed by atoms with van der Waals surface area (Å²) >= 11 is 0. The van der Waals surface area contributed by atoms with Crippen molar-refractivity contribution in [2.24, 2.45) is 0 Å². The predicted octanol–water partition coefficient (Wildman–Crippen LogP) is 1.35. The molecule has 1 heterocycles. The van der Waals surface area contributed by atoms with Crippen molar-refractivity contribution in [3.8, 4) is 0 Å². The van der Waals surface area contributed by atoms with Crippen LogP contribution in [0.5, 0.6) is 0 Å². The summed E-state index contributed by atoms with van der Waals surface area (Å²) in [7, 11) is 0. The summed E-state index contributed by atoms with van der Waals surface area (Å²) in [5, 5.41) is 22.0. The number of rotatable bonds is 3. The number of pyridine rings is 1. The van der Waals surface area contributed by atoms with Gasteiger partial charge in [0.05, 0.1) is 17.1 Å². The largest absolute Gasteiger partial charge is 0.618 e. The number of aromatic nitrogens is 1. The quantitative estimate of drug-likeness (QED) is 0.317. The average Bonchev–Trinajstić information content (AvgIpc) is 2.17. The number of nitro groups is 1. The molecular formula is C9H12N2O3. The summed E-state index contributed by atoms with van der Waals surface area (Å²) in [6, 6.07) is 2.65. The van der Waals surface area contributed by atoms with Crippen molar-refractivity contribution in [3.05, 3.63) is 38.8 Å². The second-order valence-electron chi connectivity index (χ2n) is 2.95. The molecule has 14 heavy (non-hydrogen) atoms. The van der Waals surface area contributed by atoms with Crippen LogP contribution in [0.15, 0.2) is 12.1 Å². The van der Waals surface area contributed by atoms with Gasteiger partial charge < -0.3 is 5.21 Å². The van der Waals surface area contributed by atoms with E-state index in [-0.39, 0.29) is 5.69 Å². The smallest absolute Gasteiger partial charge is 0.282 e. The molecule has 0 spiro atoms. The van der Waals surface area contributed by atoms with Crippen LogP contribution >= 0.6 is 0 Å². The number of hydrogen-bond donors (Lipinski definition) is 0. The van der Waals surface area contributed by atoms with E-state index in [1.807, 2.05) is 0 Å². The summed E-state index contributed by atoms with van der Waals surface area (Å²) in [6.45, 7) is 3.60. The highest BCUT2D eigenvalue weighted by Crippen LogP contribution is 2.13. The maximum Gasteiger partial charge on any atom is 0.282 e. The van der Waals surface area contributed by atoms with E-state index in [1.54, 1.807) is 13.8 Å². The van der Waals surface area contributed by atoms with Crippen molar-refractivity contribution < 1.29 is 9.65 Å². The molecule has 0 saturated carbocycles. The first kappa shape index (κ1) is 10.4. The minimum atomic E-state index is -0.474. The van der Waals surface area contributed by atoms with Crippen LogP contribution in [-0.4, -0.2) is 4.92 Å². The van der Waals surface area contributed by atoms with Gasteiger partial charge in [0.1, 0.15) is 0 Å². The van der Waals surface area contributed by atoms with E-state index in [4.69, 9.17) is 0 Å². The van der Waals surface area contributed by atoms with E-state index in [2.05, 4.69) is 0 Å². The lowest BCUT2D eigenvalue weighted by atomic mass is 10.2. The molecule has 1 aromatic heterocycles.